The smallest absolute Gasteiger partial charge is 0.262 e. The quantitative estimate of drug-likeness (QED) is 0.483. The van der Waals surface area contributed by atoms with Crippen LogP contribution in [0.5, 0.6) is 11.5 Å². The summed E-state index contributed by atoms with van der Waals surface area (Å²) in [7, 11) is 0. The number of nitrogen functional groups attached to an aromatic ring is 1. The van der Waals surface area contributed by atoms with Gasteiger partial charge < -0.3 is 36.3 Å². The van der Waals surface area contributed by atoms with Crippen LogP contribution in [0.3, 0.4) is 0 Å². The van der Waals surface area contributed by atoms with Gasteiger partial charge in [0, 0.05) is 30.4 Å². The minimum atomic E-state index is -0.433. The van der Waals surface area contributed by atoms with Crippen LogP contribution in [-0.4, -0.2) is 49.3 Å². The van der Waals surface area contributed by atoms with Gasteiger partial charge in [0.15, 0.2) is 6.61 Å². The number of carbonyl (C=O) groups is 2. The van der Waals surface area contributed by atoms with Gasteiger partial charge in [-0.2, -0.15) is 0 Å². The molecule has 9 nitrogen and oxygen atoms in total. The second-order valence-electron chi connectivity index (χ2n) is 6.93. The van der Waals surface area contributed by atoms with Crippen molar-refractivity contribution in [3.63, 3.8) is 0 Å². The van der Waals surface area contributed by atoms with Gasteiger partial charge in [-0.15, -0.1) is 0 Å². The maximum absolute atomic E-state index is 12.8. The van der Waals surface area contributed by atoms with Crippen LogP contribution < -0.4 is 26.4 Å². The molecule has 2 heterocycles. The molecule has 2 aliphatic rings. The fraction of sp³-hybridized carbons (Fsp3) is 0.238. The maximum Gasteiger partial charge on any atom is 0.262 e. The summed E-state index contributed by atoms with van der Waals surface area (Å²) in [5.74, 6) is -0.221. The Morgan fingerprint density at radius 1 is 1.30 bits per heavy atom. The van der Waals surface area contributed by atoms with Crippen molar-refractivity contribution in [1.29, 1.82) is 0 Å². The summed E-state index contributed by atoms with van der Waals surface area (Å²) in [5.41, 5.74) is 7.95. The first-order chi connectivity index (χ1) is 14.5. The highest BCUT2D eigenvalue weighted by molar-refractivity contribution is 6.09. The highest BCUT2D eigenvalue weighted by atomic mass is 16.5. The van der Waals surface area contributed by atoms with E-state index in [1.54, 1.807) is 30.4 Å². The molecular weight excluding hydrogens is 388 g/mol. The van der Waals surface area contributed by atoms with Gasteiger partial charge in [0.25, 0.3) is 11.8 Å². The molecule has 2 aromatic rings. The molecule has 2 amide bonds. The number of rotatable bonds is 4. The SMILES string of the molecule is Nc1c(C(=O)Nc2ccc3c(c2)OCC(=O)N3)ccc(O)c1C=CC1CNCCO1. The molecule has 9 heteroatoms. The third-order valence-corrected chi connectivity index (χ3v) is 4.81. The van der Waals surface area contributed by atoms with Gasteiger partial charge in [-0.25, -0.2) is 0 Å². The normalized spacial score (nSPS) is 18.4. The van der Waals surface area contributed by atoms with E-state index < -0.39 is 5.91 Å². The van der Waals surface area contributed by atoms with Gasteiger partial charge in [0.1, 0.15) is 11.5 Å². The van der Waals surface area contributed by atoms with Crippen molar-refractivity contribution in [2.75, 3.05) is 42.7 Å². The van der Waals surface area contributed by atoms with E-state index >= 15 is 0 Å². The largest absolute Gasteiger partial charge is 0.507 e. The number of hydrogen-bond acceptors (Lipinski definition) is 7. The van der Waals surface area contributed by atoms with Crippen LogP contribution in [0, 0.1) is 0 Å². The Morgan fingerprint density at radius 2 is 2.17 bits per heavy atom. The van der Waals surface area contributed by atoms with E-state index in [1.165, 1.54) is 12.1 Å². The van der Waals surface area contributed by atoms with Crippen LogP contribution in [0.25, 0.3) is 6.08 Å². The van der Waals surface area contributed by atoms with Crippen LogP contribution in [0.4, 0.5) is 17.1 Å². The Labute approximate surface area is 172 Å². The second-order valence-corrected chi connectivity index (χ2v) is 6.93. The summed E-state index contributed by atoms with van der Waals surface area (Å²) in [6.45, 7) is 1.99. The number of benzene rings is 2. The summed E-state index contributed by atoms with van der Waals surface area (Å²) in [5, 5.41) is 18.9. The monoisotopic (exact) mass is 410 g/mol. The number of amides is 2. The van der Waals surface area contributed by atoms with Gasteiger partial charge in [-0.05, 0) is 24.3 Å². The van der Waals surface area contributed by atoms with Gasteiger partial charge in [0.2, 0.25) is 0 Å². The van der Waals surface area contributed by atoms with E-state index in [2.05, 4.69) is 16.0 Å². The first kappa shape index (κ1) is 19.7. The fourth-order valence-electron chi connectivity index (χ4n) is 3.26. The third-order valence-electron chi connectivity index (χ3n) is 4.81. The van der Waals surface area contributed by atoms with Crippen molar-refractivity contribution in [2.45, 2.75) is 6.10 Å². The van der Waals surface area contributed by atoms with Crippen molar-refractivity contribution < 1.29 is 24.2 Å². The zero-order valence-electron chi connectivity index (χ0n) is 16.1. The third kappa shape index (κ3) is 4.22. The second kappa shape index (κ2) is 8.44. The molecule has 4 rings (SSSR count). The number of phenolic OH excluding ortho intramolecular Hbond substituents is 1. The van der Waals surface area contributed by atoms with Crippen molar-refractivity contribution in [3.8, 4) is 11.5 Å². The molecule has 0 saturated carbocycles. The molecule has 2 aromatic carbocycles. The Kier molecular flexibility index (Phi) is 5.55. The Hall–Kier alpha value is -3.56. The summed E-state index contributed by atoms with van der Waals surface area (Å²) >= 11 is 0. The number of ether oxygens (including phenoxy) is 2. The maximum atomic E-state index is 12.8. The van der Waals surface area contributed by atoms with Crippen LogP contribution in [0.1, 0.15) is 15.9 Å². The predicted molar refractivity (Wildman–Crippen MR) is 113 cm³/mol. The lowest BCUT2D eigenvalue weighted by Gasteiger charge is -2.20. The van der Waals surface area contributed by atoms with E-state index in [0.29, 0.717) is 35.8 Å². The molecule has 0 radical (unpaired) electrons. The zero-order chi connectivity index (χ0) is 21.1. The van der Waals surface area contributed by atoms with E-state index in [1.807, 2.05) is 0 Å². The molecule has 1 saturated heterocycles. The number of phenols is 1. The van der Waals surface area contributed by atoms with E-state index in [-0.39, 0.29) is 35.6 Å². The molecule has 0 spiro atoms. The predicted octanol–water partition coefficient (Wildman–Crippen LogP) is 1.56. The summed E-state index contributed by atoms with van der Waals surface area (Å²) in [6, 6.07) is 7.81. The molecule has 1 fully saturated rings. The number of nitrogens with one attached hydrogen (secondary N) is 3. The van der Waals surface area contributed by atoms with Gasteiger partial charge >= 0.3 is 0 Å². The molecule has 1 atom stereocenters. The van der Waals surface area contributed by atoms with Crippen molar-refractivity contribution in [2.24, 2.45) is 0 Å². The van der Waals surface area contributed by atoms with E-state index in [4.69, 9.17) is 15.2 Å². The van der Waals surface area contributed by atoms with Crippen molar-refractivity contribution in [1.82, 2.24) is 5.32 Å². The topological polar surface area (TPSA) is 135 Å². The summed E-state index contributed by atoms with van der Waals surface area (Å²) in [4.78, 5) is 24.2. The summed E-state index contributed by atoms with van der Waals surface area (Å²) < 4.78 is 11.0. The molecule has 2 aliphatic heterocycles. The standard InChI is InChI=1S/C21H22N4O5/c22-20-14(3-2-13-10-23-7-8-29-13)17(26)6-4-15(20)21(28)24-12-1-5-16-18(9-12)30-11-19(27)25-16/h1-6,9,13,23,26H,7-8,10-11,22H2,(H,24,28)(H,25,27). The van der Waals surface area contributed by atoms with Crippen molar-refractivity contribution in [3.05, 3.63) is 47.5 Å². The average molecular weight is 410 g/mol. The molecular formula is C21H22N4O5. The number of nitrogens with two attached hydrogens (primary N) is 1. The lowest BCUT2D eigenvalue weighted by Crippen LogP contribution is -2.37. The number of hydrogen-bond donors (Lipinski definition) is 5. The molecule has 0 aromatic heterocycles. The van der Waals surface area contributed by atoms with Crippen LogP contribution in [0.15, 0.2) is 36.4 Å². The lowest BCUT2D eigenvalue weighted by molar-refractivity contribution is -0.118. The first-order valence-electron chi connectivity index (χ1n) is 9.51. The summed E-state index contributed by atoms with van der Waals surface area (Å²) in [6.07, 6.45) is 3.33. The van der Waals surface area contributed by atoms with Crippen LogP contribution in [-0.2, 0) is 9.53 Å². The molecule has 0 bridgehead atoms. The van der Waals surface area contributed by atoms with Crippen LogP contribution in [0.2, 0.25) is 0 Å². The lowest BCUT2D eigenvalue weighted by atomic mass is 10.0. The molecule has 0 aliphatic carbocycles. The number of morpholine rings is 1. The Balaban J connectivity index is 1.53. The van der Waals surface area contributed by atoms with E-state index in [0.717, 1.165) is 6.54 Å². The highest BCUT2D eigenvalue weighted by Gasteiger charge is 2.19. The van der Waals surface area contributed by atoms with Crippen LogP contribution >= 0.6 is 0 Å². The Bertz CT molecular complexity index is 1010. The number of fused-ring (bicyclic) bond motifs is 1. The van der Waals surface area contributed by atoms with Gasteiger partial charge in [-0.3, -0.25) is 9.59 Å². The number of anilines is 3. The van der Waals surface area contributed by atoms with Gasteiger partial charge in [0.05, 0.1) is 29.6 Å². The molecule has 1 unspecified atom stereocenters. The number of carbonyl (C=O) groups excluding carboxylic acids is 2. The average Bonchev–Trinajstić information content (AvgIpc) is 2.74. The van der Waals surface area contributed by atoms with Gasteiger partial charge in [-0.1, -0.05) is 12.2 Å². The zero-order valence-corrected chi connectivity index (χ0v) is 16.1. The highest BCUT2D eigenvalue weighted by Crippen LogP contribution is 2.32. The Morgan fingerprint density at radius 3 is 2.97 bits per heavy atom. The molecule has 6 N–H and O–H groups in total. The van der Waals surface area contributed by atoms with E-state index in [9.17, 15) is 14.7 Å². The number of aromatic hydroxyl groups is 1. The molecule has 30 heavy (non-hydrogen) atoms. The minimum Gasteiger partial charge on any atom is -0.507 e. The minimum absolute atomic E-state index is 0.0259. The molecule has 156 valence electrons. The first-order valence-corrected chi connectivity index (χ1v) is 9.51. The van der Waals surface area contributed by atoms with Crippen molar-refractivity contribution >= 4 is 35.0 Å². The fourth-order valence-corrected chi connectivity index (χ4v) is 3.26.